The Bertz CT molecular complexity index is 450. The lowest BCUT2D eigenvalue weighted by molar-refractivity contribution is 0.349. The molecule has 1 N–H and O–H groups in total. The van der Waals surface area contributed by atoms with Crippen LogP contribution in [0.5, 0.6) is 0 Å². The van der Waals surface area contributed by atoms with Crippen molar-refractivity contribution in [3.05, 3.63) is 17.5 Å². The van der Waals surface area contributed by atoms with Gasteiger partial charge in [-0.2, -0.15) is 5.26 Å². The van der Waals surface area contributed by atoms with E-state index in [1.807, 2.05) is 6.92 Å². The molecular formula is C15H25N5. The van der Waals surface area contributed by atoms with E-state index < -0.39 is 0 Å². The van der Waals surface area contributed by atoms with E-state index in [-0.39, 0.29) is 0 Å². The van der Waals surface area contributed by atoms with Crippen molar-refractivity contribution in [2.75, 3.05) is 32.5 Å². The van der Waals surface area contributed by atoms with E-state index in [0.717, 1.165) is 31.1 Å². The Morgan fingerprint density at radius 3 is 2.75 bits per heavy atom. The van der Waals surface area contributed by atoms with Gasteiger partial charge in [0, 0.05) is 6.54 Å². The average Bonchev–Trinajstić information content (AvgIpc) is 2.41. The van der Waals surface area contributed by atoms with Gasteiger partial charge in [-0.05, 0) is 52.7 Å². The molecule has 5 heteroatoms. The van der Waals surface area contributed by atoms with E-state index in [1.54, 1.807) is 6.20 Å². The molecule has 0 aliphatic carbocycles. The van der Waals surface area contributed by atoms with E-state index >= 15 is 0 Å². The second-order valence-corrected chi connectivity index (χ2v) is 5.57. The first-order chi connectivity index (χ1) is 9.52. The van der Waals surface area contributed by atoms with Crippen molar-refractivity contribution in [1.82, 2.24) is 14.9 Å². The zero-order valence-corrected chi connectivity index (χ0v) is 13.0. The van der Waals surface area contributed by atoms with Crippen LogP contribution < -0.4 is 5.32 Å². The molecule has 5 nitrogen and oxygen atoms in total. The van der Waals surface area contributed by atoms with Crippen molar-refractivity contribution in [3.8, 4) is 6.07 Å². The van der Waals surface area contributed by atoms with Gasteiger partial charge in [-0.15, -0.1) is 0 Å². The van der Waals surface area contributed by atoms with Gasteiger partial charge in [0.15, 0.2) is 0 Å². The molecule has 1 aromatic heterocycles. The monoisotopic (exact) mass is 275 g/mol. The second-order valence-electron chi connectivity index (χ2n) is 5.57. The summed E-state index contributed by atoms with van der Waals surface area (Å²) in [6.07, 6.45) is 5.12. The summed E-state index contributed by atoms with van der Waals surface area (Å²) in [7, 11) is 4.22. The number of nitrogens with one attached hydrogen (secondary N) is 1. The molecule has 1 aromatic rings. The fourth-order valence-electron chi connectivity index (χ4n) is 1.94. The van der Waals surface area contributed by atoms with Gasteiger partial charge in [0.1, 0.15) is 6.07 Å². The summed E-state index contributed by atoms with van der Waals surface area (Å²) in [5.74, 6) is 1.35. The number of rotatable bonds is 8. The quantitative estimate of drug-likeness (QED) is 0.738. The number of nitrogens with zero attached hydrogens (tertiary/aromatic N) is 4. The first kappa shape index (κ1) is 16.4. The van der Waals surface area contributed by atoms with Gasteiger partial charge in [0.05, 0.1) is 17.5 Å². The van der Waals surface area contributed by atoms with Crippen molar-refractivity contribution in [1.29, 1.82) is 5.26 Å². The number of hydrogen-bond acceptors (Lipinski definition) is 5. The van der Waals surface area contributed by atoms with Gasteiger partial charge >= 0.3 is 0 Å². The molecule has 0 saturated carbocycles. The van der Waals surface area contributed by atoms with Gasteiger partial charge in [-0.25, -0.2) is 9.97 Å². The Morgan fingerprint density at radius 1 is 1.40 bits per heavy atom. The number of nitriles is 1. The third kappa shape index (κ3) is 5.98. The Labute approximate surface area is 122 Å². The van der Waals surface area contributed by atoms with Crippen LogP contribution in [0.25, 0.3) is 0 Å². The van der Waals surface area contributed by atoms with Crippen LogP contribution in [0.2, 0.25) is 0 Å². The molecule has 0 spiro atoms. The predicted molar refractivity (Wildman–Crippen MR) is 81.5 cm³/mol. The zero-order valence-electron chi connectivity index (χ0n) is 13.0. The van der Waals surface area contributed by atoms with Crippen molar-refractivity contribution >= 4 is 5.95 Å². The molecule has 1 rings (SSSR count). The summed E-state index contributed by atoms with van der Waals surface area (Å²) in [6, 6.07) is 2.07. The van der Waals surface area contributed by atoms with E-state index in [2.05, 4.69) is 47.3 Å². The highest BCUT2D eigenvalue weighted by Crippen LogP contribution is 2.11. The SMILES string of the molecule is Cc1nc(NCCCC(C)CCN(C)C)ncc1C#N. The largest absolute Gasteiger partial charge is 0.354 e. The van der Waals surface area contributed by atoms with Crippen LogP contribution >= 0.6 is 0 Å². The fourth-order valence-corrected chi connectivity index (χ4v) is 1.94. The first-order valence-corrected chi connectivity index (χ1v) is 7.15. The molecule has 0 aliphatic rings. The van der Waals surface area contributed by atoms with Gasteiger partial charge in [-0.3, -0.25) is 0 Å². The van der Waals surface area contributed by atoms with Gasteiger partial charge in [-0.1, -0.05) is 6.92 Å². The summed E-state index contributed by atoms with van der Waals surface area (Å²) in [4.78, 5) is 10.6. The van der Waals surface area contributed by atoms with Crippen LogP contribution in [-0.2, 0) is 0 Å². The molecule has 0 radical (unpaired) electrons. The summed E-state index contributed by atoms with van der Waals surface area (Å²) in [5, 5.41) is 12.0. The number of anilines is 1. The summed E-state index contributed by atoms with van der Waals surface area (Å²) >= 11 is 0. The summed E-state index contributed by atoms with van der Waals surface area (Å²) in [5.41, 5.74) is 1.26. The molecule has 0 saturated heterocycles. The molecule has 0 aromatic carbocycles. The van der Waals surface area contributed by atoms with E-state index in [9.17, 15) is 0 Å². The Balaban J connectivity index is 2.24. The highest BCUT2D eigenvalue weighted by atomic mass is 15.1. The molecule has 20 heavy (non-hydrogen) atoms. The summed E-state index contributed by atoms with van der Waals surface area (Å²) in [6.45, 7) is 6.14. The number of hydrogen-bond donors (Lipinski definition) is 1. The third-order valence-corrected chi connectivity index (χ3v) is 3.33. The maximum absolute atomic E-state index is 8.82. The van der Waals surface area contributed by atoms with Crippen LogP contribution in [-0.4, -0.2) is 42.1 Å². The van der Waals surface area contributed by atoms with Crippen LogP contribution in [0.3, 0.4) is 0 Å². The van der Waals surface area contributed by atoms with Gasteiger partial charge < -0.3 is 10.2 Å². The average molecular weight is 275 g/mol. The van der Waals surface area contributed by atoms with Crippen molar-refractivity contribution in [2.45, 2.75) is 33.1 Å². The van der Waals surface area contributed by atoms with E-state index in [4.69, 9.17) is 5.26 Å². The lowest BCUT2D eigenvalue weighted by atomic mass is 10.0. The minimum Gasteiger partial charge on any atom is -0.354 e. The summed E-state index contributed by atoms with van der Waals surface area (Å²) < 4.78 is 0. The molecule has 1 unspecified atom stereocenters. The van der Waals surface area contributed by atoms with E-state index in [1.165, 1.54) is 12.8 Å². The maximum Gasteiger partial charge on any atom is 0.222 e. The highest BCUT2D eigenvalue weighted by molar-refractivity contribution is 5.35. The minimum absolute atomic E-state index is 0.535. The Morgan fingerprint density at radius 2 is 2.15 bits per heavy atom. The van der Waals surface area contributed by atoms with Crippen LogP contribution in [0.1, 0.15) is 37.4 Å². The molecule has 0 bridgehead atoms. The molecular weight excluding hydrogens is 250 g/mol. The molecule has 0 amide bonds. The highest BCUT2D eigenvalue weighted by Gasteiger charge is 2.04. The smallest absolute Gasteiger partial charge is 0.222 e. The van der Waals surface area contributed by atoms with E-state index in [0.29, 0.717) is 11.5 Å². The Hall–Kier alpha value is -1.67. The van der Waals surface area contributed by atoms with Crippen molar-refractivity contribution < 1.29 is 0 Å². The standard InChI is InChI=1S/C15H25N5/c1-12(7-9-20(3)4)6-5-8-17-15-18-11-14(10-16)13(2)19-15/h11-12H,5-9H2,1-4H3,(H,17,18,19). The van der Waals surface area contributed by atoms with Crippen LogP contribution in [0.4, 0.5) is 5.95 Å². The second kappa shape index (κ2) is 8.49. The molecule has 110 valence electrons. The van der Waals surface area contributed by atoms with Crippen molar-refractivity contribution in [2.24, 2.45) is 5.92 Å². The first-order valence-electron chi connectivity index (χ1n) is 7.15. The van der Waals surface area contributed by atoms with Crippen LogP contribution in [0.15, 0.2) is 6.20 Å². The topological polar surface area (TPSA) is 64.8 Å². The lowest BCUT2D eigenvalue weighted by Crippen LogP contribution is -2.16. The predicted octanol–water partition coefficient (Wildman–Crippen LogP) is 2.44. The van der Waals surface area contributed by atoms with Gasteiger partial charge in [0.2, 0.25) is 5.95 Å². The zero-order chi connectivity index (χ0) is 15.0. The number of aryl methyl sites for hydroxylation is 1. The normalized spacial score (nSPS) is 12.2. The van der Waals surface area contributed by atoms with Gasteiger partial charge in [0.25, 0.3) is 0 Å². The molecule has 0 fully saturated rings. The lowest BCUT2D eigenvalue weighted by Gasteiger charge is -2.15. The third-order valence-electron chi connectivity index (χ3n) is 3.33. The molecule has 0 aliphatic heterocycles. The fraction of sp³-hybridized carbons (Fsp3) is 0.667. The molecule has 1 heterocycles. The molecule has 1 atom stereocenters. The number of aromatic nitrogens is 2. The maximum atomic E-state index is 8.82. The van der Waals surface area contributed by atoms with Crippen molar-refractivity contribution in [3.63, 3.8) is 0 Å². The minimum atomic E-state index is 0.535. The van der Waals surface area contributed by atoms with Crippen LogP contribution in [0, 0.1) is 24.2 Å². The Kier molecular flexibility index (Phi) is 6.96.